The van der Waals surface area contributed by atoms with Crippen LogP contribution in [0.25, 0.3) is 0 Å². The Morgan fingerprint density at radius 3 is 2.39 bits per heavy atom. The van der Waals surface area contributed by atoms with E-state index in [2.05, 4.69) is 36.9 Å². The van der Waals surface area contributed by atoms with Gasteiger partial charge in [0.1, 0.15) is 0 Å². The van der Waals surface area contributed by atoms with Gasteiger partial charge in [-0.3, -0.25) is 0 Å². The molecule has 2 fully saturated rings. The predicted octanol–water partition coefficient (Wildman–Crippen LogP) is 3.71. The number of rotatable bonds is 2. The van der Waals surface area contributed by atoms with E-state index in [-0.39, 0.29) is 31.1 Å². The van der Waals surface area contributed by atoms with Crippen molar-refractivity contribution < 1.29 is 35.9 Å². The molecular formula is C16H18OU. The summed E-state index contributed by atoms with van der Waals surface area (Å²) in [6, 6.07) is 11.0. The van der Waals surface area contributed by atoms with Gasteiger partial charge in [-0.05, 0) is 12.2 Å². The summed E-state index contributed by atoms with van der Waals surface area (Å²) in [6.07, 6.45) is 8.31. The Balaban J connectivity index is 0.000000289. The van der Waals surface area contributed by atoms with Crippen LogP contribution in [-0.2, 0) is 4.79 Å². The van der Waals surface area contributed by atoms with E-state index in [1.165, 1.54) is 37.5 Å². The van der Waals surface area contributed by atoms with Crippen LogP contribution in [0.15, 0.2) is 43.0 Å². The first-order valence-electron chi connectivity index (χ1n) is 6.25. The van der Waals surface area contributed by atoms with Crippen molar-refractivity contribution in [3.63, 3.8) is 0 Å². The van der Waals surface area contributed by atoms with Gasteiger partial charge in [0.2, 0.25) is 0 Å². The molecule has 0 amide bonds. The topological polar surface area (TPSA) is 17.1 Å². The van der Waals surface area contributed by atoms with Crippen molar-refractivity contribution in [3.8, 4) is 0 Å². The molecule has 2 aliphatic carbocycles. The van der Waals surface area contributed by atoms with Gasteiger partial charge in [-0.25, -0.2) is 12.7 Å². The van der Waals surface area contributed by atoms with Crippen LogP contribution in [-0.4, -0.2) is 6.29 Å². The van der Waals surface area contributed by atoms with Crippen molar-refractivity contribution in [1.82, 2.24) is 0 Å². The van der Waals surface area contributed by atoms with Crippen LogP contribution in [0.4, 0.5) is 0 Å². The molecule has 18 heavy (non-hydrogen) atoms. The van der Waals surface area contributed by atoms with Crippen LogP contribution in [0.5, 0.6) is 0 Å². The number of allylic oxidation sites excluding steroid dienone is 1. The molecule has 0 aliphatic heterocycles. The summed E-state index contributed by atoms with van der Waals surface area (Å²) < 4.78 is 0. The van der Waals surface area contributed by atoms with Crippen molar-refractivity contribution in [2.24, 2.45) is 11.8 Å². The van der Waals surface area contributed by atoms with E-state index in [4.69, 9.17) is 4.79 Å². The predicted molar refractivity (Wildman–Crippen MR) is 70.1 cm³/mol. The van der Waals surface area contributed by atoms with Crippen molar-refractivity contribution in [2.45, 2.75) is 25.7 Å². The maximum Gasteiger partial charge on any atom is 2.00 e. The average Bonchev–Trinajstić information content (AvgIpc) is 3.02. The van der Waals surface area contributed by atoms with E-state index >= 15 is 0 Å². The first-order chi connectivity index (χ1) is 8.35. The van der Waals surface area contributed by atoms with Crippen molar-refractivity contribution in [3.05, 3.63) is 54.5 Å². The van der Waals surface area contributed by atoms with E-state index in [9.17, 15) is 0 Å². The van der Waals surface area contributed by atoms with Crippen LogP contribution >= 0.6 is 0 Å². The van der Waals surface area contributed by atoms with E-state index in [1.54, 1.807) is 5.92 Å². The zero-order valence-corrected chi connectivity index (χ0v) is 14.7. The summed E-state index contributed by atoms with van der Waals surface area (Å²) >= 11 is 0. The molecule has 1 nitrogen and oxygen atoms in total. The smallest absolute Gasteiger partial charge is 0.419 e. The second kappa shape index (κ2) is 7.87. The maximum atomic E-state index is 8.93. The van der Waals surface area contributed by atoms with Gasteiger partial charge < -0.3 is 4.79 Å². The second-order valence-corrected chi connectivity index (χ2v) is 4.79. The number of fused-ring (bicyclic) bond motifs is 2. The van der Waals surface area contributed by atoms with Gasteiger partial charge in [-0.2, -0.15) is 23.6 Å². The van der Waals surface area contributed by atoms with Gasteiger partial charge in [0.15, 0.2) is 0 Å². The summed E-state index contributed by atoms with van der Waals surface area (Å²) in [5.41, 5.74) is 1.51. The molecule has 0 spiro atoms. The Hall–Kier alpha value is -0.448. The fraction of sp³-hybridized carbons (Fsp3) is 0.375. The van der Waals surface area contributed by atoms with Crippen LogP contribution < -0.4 is 0 Å². The second-order valence-electron chi connectivity index (χ2n) is 4.79. The monoisotopic (exact) mass is 464 g/mol. The number of hydrogen-bond acceptors (Lipinski definition) is 1. The average molecular weight is 464 g/mol. The minimum Gasteiger partial charge on any atom is -0.419 e. The molecule has 0 aromatic heterocycles. The fourth-order valence-corrected chi connectivity index (χ4v) is 3.06. The molecule has 1 aromatic rings. The van der Waals surface area contributed by atoms with Gasteiger partial charge in [0.25, 0.3) is 0 Å². The standard InChI is InChI=1S/C13H15.C3H3O.U/c1-2-4-11(5-3-1)13-9-10-6-7-12(13)8-10;1-2-3-4;/h1-5,10,12H,6-9H2;2H,1H2;/q2*-1;+2. The first kappa shape index (κ1) is 15.6. The molecule has 2 unspecified atom stereocenters. The third-order valence-electron chi connectivity index (χ3n) is 3.77. The normalized spacial score (nSPS) is 23.7. The van der Waals surface area contributed by atoms with Gasteiger partial charge in [-0.1, -0.05) is 37.7 Å². The minimum atomic E-state index is 0. The van der Waals surface area contributed by atoms with E-state index in [0.29, 0.717) is 0 Å². The third kappa shape index (κ3) is 3.77. The molecule has 0 N–H and O–H groups in total. The van der Waals surface area contributed by atoms with Gasteiger partial charge in [-0.15, -0.1) is 12.1 Å². The molecule has 2 atom stereocenters. The van der Waals surface area contributed by atoms with E-state index in [0.717, 1.165) is 17.9 Å². The Kier molecular flexibility index (Phi) is 6.83. The summed E-state index contributed by atoms with van der Waals surface area (Å²) in [5, 5.41) is 0. The first-order valence-corrected chi connectivity index (χ1v) is 6.25. The van der Waals surface area contributed by atoms with Crippen molar-refractivity contribution in [1.29, 1.82) is 0 Å². The zero-order chi connectivity index (χ0) is 12.1. The summed E-state index contributed by atoms with van der Waals surface area (Å²) in [6.45, 7) is 3.06. The van der Waals surface area contributed by atoms with Crippen LogP contribution in [0, 0.1) is 48.9 Å². The molecule has 0 saturated heterocycles. The Morgan fingerprint density at radius 2 is 1.94 bits per heavy atom. The number of carbonyl (C=O) groups excluding carboxylic acids is 1. The fourth-order valence-electron chi connectivity index (χ4n) is 3.06. The molecule has 1 aromatic carbocycles. The summed E-state index contributed by atoms with van der Waals surface area (Å²) in [4.78, 5) is 8.93. The van der Waals surface area contributed by atoms with E-state index < -0.39 is 0 Å². The maximum absolute atomic E-state index is 8.93. The Bertz CT molecular complexity index is 368. The Morgan fingerprint density at radius 1 is 1.28 bits per heavy atom. The molecule has 3 rings (SSSR count). The molecule has 2 bridgehead atoms. The van der Waals surface area contributed by atoms with Crippen molar-refractivity contribution >= 4 is 6.29 Å². The largest absolute Gasteiger partial charge is 2.00 e. The van der Waals surface area contributed by atoms with Gasteiger partial charge in [0, 0.05) is 0 Å². The SMILES string of the molecule is C=C[C-]=O.[U+2].c1ccc([C-]2CC3CCC2C3)cc1. The molecule has 0 radical (unpaired) electrons. The third-order valence-corrected chi connectivity index (χ3v) is 3.77. The molecular weight excluding hydrogens is 446 g/mol. The van der Waals surface area contributed by atoms with Crippen LogP contribution in [0.2, 0.25) is 0 Å². The Labute approximate surface area is 133 Å². The molecule has 92 valence electrons. The van der Waals surface area contributed by atoms with Crippen LogP contribution in [0.1, 0.15) is 31.2 Å². The molecule has 2 aliphatic rings. The summed E-state index contributed by atoms with van der Waals surface area (Å²) in [5.74, 6) is 3.71. The van der Waals surface area contributed by atoms with Gasteiger partial charge >= 0.3 is 31.1 Å². The zero-order valence-electron chi connectivity index (χ0n) is 10.6. The summed E-state index contributed by atoms with van der Waals surface area (Å²) in [7, 11) is 0. The quantitative estimate of drug-likeness (QED) is 0.482. The van der Waals surface area contributed by atoms with Crippen LogP contribution in [0.3, 0.4) is 0 Å². The number of benzene rings is 1. The molecule has 0 heterocycles. The molecule has 2 heteroatoms. The van der Waals surface area contributed by atoms with Crippen molar-refractivity contribution in [2.75, 3.05) is 0 Å². The minimum absolute atomic E-state index is 0. The number of hydrogen-bond donors (Lipinski definition) is 0. The van der Waals surface area contributed by atoms with Gasteiger partial charge in [0.05, 0.1) is 0 Å². The molecule has 2 saturated carbocycles. The van der Waals surface area contributed by atoms with E-state index in [1.807, 2.05) is 0 Å².